The topological polar surface area (TPSA) is 67.6 Å². The molecule has 0 unspecified atom stereocenters. The summed E-state index contributed by atoms with van der Waals surface area (Å²) in [5.41, 5.74) is 0.873. The number of unbranched alkanes of at least 4 members (excludes halogenated alkanes) is 1. The quantitative estimate of drug-likeness (QED) is 0.408. The van der Waals surface area contributed by atoms with Gasteiger partial charge in [0.15, 0.2) is 5.75 Å². The van der Waals surface area contributed by atoms with Crippen molar-refractivity contribution in [1.82, 2.24) is 4.90 Å². The molecule has 0 spiro atoms. The highest BCUT2D eigenvalue weighted by Gasteiger charge is 2.15. The fourth-order valence-electron chi connectivity index (χ4n) is 1.89. The van der Waals surface area contributed by atoms with Gasteiger partial charge in [-0.2, -0.15) is 0 Å². The maximum absolute atomic E-state index is 11.0. The zero-order chi connectivity index (χ0) is 15.7. The molecule has 1 rings (SSSR count). The van der Waals surface area contributed by atoms with Gasteiger partial charge >= 0.3 is 5.69 Å². The van der Waals surface area contributed by atoms with Crippen LogP contribution < -0.4 is 10.1 Å². The van der Waals surface area contributed by atoms with E-state index in [0.29, 0.717) is 12.4 Å². The Morgan fingerprint density at radius 1 is 1.33 bits per heavy atom. The second-order valence-electron chi connectivity index (χ2n) is 5.23. The molecule has 0 bridgehead atoms. The summed E-state index contributed by atoms with van der Waals surface area (Å²) in [6.45, 7) is 4.36. The van der Waals surface area contributed by atoms with Gasteiger partial charge in [0.1, 0.15) is 0 Å². The lowest BCUT2D eigenvalue weighted by molar-refractivity contribution is -0.385. The molecule has 21 heavy (non-hydrogen) atoms. The molecule has 6 nitrogen and oxygen atoms in total. The third-order valence-electron chi connectivity index (χ3n) is 2.98. The van der Waals surface area contributed by atoms with E-state index in [2.05, 4.69) is 24.3 Å². The minimum absolute atomic E-state index is 0.0154. The van der Waals surface area contributed by atoms with Crippen LogP contribution >= 0.6 is 0 Å². The van der Waals surface area contributed by atoms with Crippen molar-refractivity contribution in [3.05, 3.63) is 28.3 Å². The highest BCUT2D eigenvalue weighted by Crippen LogP contribution is 2.30. The smallest absolute Gasteiger partial charge is 0.311 e. The van der Waals surface area contributed by atoms with Crippen LogP contribution in [0.3, 0.4) is 0 Å². The Bertz CT molecular complexity index is 450. The summed E-state index contributed by atoms with van der Waals surface area (Å²) in [4.78, 5) is 12.7. The Labute approximate surface area is 126 Å². The Balaban J connectivity index is 2.56. The fraction of sp³-hybridized carbons (Fsp3) is 0.600. The van der Waals surface area contributed by atoms with Crippen molar-refractivity contribution < 1.29 is 9.66 Å². The van der Waals surface area contributed by atoms with E-state index in [1.165, 1.54) is 6.07 Å². The van der Waals surface area contributed by atoms with Crippen molar-refractivity contribution in [2.24, 2.45) is 0 Å². The van der Waals surface area contributed by atoms with E-state index in [1.54, 1.807) is 12.1 Å². The summed E-state index contributed by atoms with van der Waals surface area (Å²) in [5.74, 6) is 0.333. The second kappa shape index (κ2) is 9.18. The van der Waals surface area contributed by atoms with Crippen molar-refractivity contribution in [2.45, 2.75) is 26.2 Å². The molecule has 0 aromatic heterocycles. The van der Waals surface area contributed by atoms with Gasteiger partial charge in [-0.15, -0.1) is 0 Å². The summed E-state index contributed by atoms with van der Waals surface area (Å²) in [6, 6.07) is 4.93. The fourth-order valence-corrected chi connectivity index (χ4v) is 1.89. The first-order valence-electron chi connectivity index (χ1n) is 7.34. The van der Waals surface area contributed by atoms with Gasteiger partial charge < -0.3 is 15.0 Å². The molecule has 0 amide bonds. The number of hydrogen-bond donors (Lipinski definition) is 1. The van der Waals surface area contributed by atoms with E-state index in [-0.39, 0.29) is 5.69 Å². The summed E-state index contributed by atoms with van der Waals surface area (Å²) in [7, 11) is 4.11. The number of rotatable bonds is 10. The summed E-state index contributed by atoms with van der Waals surface area (Å²) in [5, 5.41) is 14.2. The van der Waals surface area contributed by atoms with Gasteiger partial charge in [0.2, 0.25) is 0 Å². The van der Waals surface area contributed by atoms with Crippen LogP contribution in [0, 0.1) is 10.1 Å². The summed E-state index contributed by atoms with van der Waals surface area (Å²) < 4.78 is 5.46. The molecule has 0 aliphatic carbocycles. The lowest BCUT2D eigenvalue weighted by Gasteiger charge is -2.11. The van der Waals surface area contributed by atoms with Crippen molar-refractivity contribution >= 4 is 11.4 Å². The first kappa shape index (κ1) is 17.2. The van der Waals surface area contributed by atoms with Crippen LogP contribution in [-0.2, 0) is 0 Å². The molecular weight excluding hydrogens is 270 g/mol. The highest BCUT2D eigenvalue weighted by atomic mass is 16.6. The minimum atomic E-state index is -0.411. The Morgan fingerprint density at radius 2 is 2.10 bits per heavy atom. The van der Waals surface area contributed by atoms with Crippen LogP contribution in [0.15, 0.2) is 18.2 Å². The SMILES string of the molecule is CCCOc1cc(NCCCCN(C)C)ccc1[N+](=O)[O-]. The average Bonchev–Trinajstić information content (AvgIpc) is 2.44. The van der Waals surface area contributed by atoms with Crippen molar-refractivity contribution in [3.63, 3.8) is 0 Å². The monoisotopic (exact) mass is 295 g/mol. The first-order chi connectivity index (χ1) is 10.0. The second-order valence-corrected chi connectivity index (χ2v) is 5.23. The van der Waals surface area contributed by atoms with Crippen LogP contribution in [-0.4, -0.2) is 43.6 Å². The highest BCUT2D eigenvalue weighted by molar-refractivity contribution is 5.57. The van der Waals surface area contributed by atoms with E-state index >= 15 is 0 Å². The standard InChI is InChI=1S/C15H25N3O3/c1-4-11-21-15-12-13(7-8-14(15)18(19)20)16-9-5-6-10-17(2)3/h7-8,12,16H,4-6,9-11H2,1-3H3. The number of benzene rings is 1. The third kappa shape index (κ3) is 6.44. The van der Waals surface area contributed by atoms with Gasteiger partial charge in [-0.3, -0.25) is 10.1 Å². The number of anilines is 1. The Hall–Kier alpha value is -1.82. The number of nitro benzene ring substituents is 1. The Kier molecular flexibility index (Phi) is 7.53. The predicted molar refractivity (Wildman–Crippen MR) is 85.2 cm³/mol. The maximum Gasteiger partial charge on any atom is 0.311 e. The molecule has 0 saturated heterocycles. The molecule has 1 N–H and O–H groups in total. The molecule has 0 fully saturated rings. The summed E-state index contributed by atoms with van der Waals surface area (Å²) in [6.07, 6.45) is 2.99. The molecule has 118 valence electrons. The van der Waals surface area contributed by atoms with E-state index in [9.17, 15) is 10.1 Å². The first-order valence-corrected chi connectivity index (χ1v) is 7.34. The molecule has 1 aromatic carbocycles. The van der Waals surface area contributed by atoms with Crippen molar-refractivity contribution in [1.29, 1.82) is 0 Å². The number of nitrogens with zero attached hydrogens (tertiary/aromatic N) is 2. The van der Waals surface area contributed by atoms with Gasteiger partial charge in [-0.1, -0.05) is 6.92 Å². The van der Waals surface area contributed by atoms with Crippen molar-refractivity contribution in [2.75, 3.05) is 39.1 Å². The van der Waals surface area contributed by atoms with Crippen LogP contribution in [0.2, 0.25) is 0 Å². The van der Waals surface area contributed by atoms with Gasteiger partial charge in [-0.05, 0) is 46.0 Å². The molecule has 0 saturated carbocycles. The predicted octanol–water partition coefficient (Wildman–Crippen LogP) is 3.14. The number of nitrogens with one attached hydrogen (secondary N) is 1. The van der Waals surface area contributed by atoms with Crippen LogP contribution in [0.5, 0.6) is 5.75 Å². The lowest BCUT2D eigenvalue weighted by Crippen LogP contribution is -2.14. The zero-order valence-electron chi connectivity index (χ0n) is 13.1. The van der Waals surface area contributed by atoms with E-state index in [1.807, 2.05) is 6.92 Å². The molecule has 0 radical (unpaired) electrons. The molecule has 0 atom stereocenters. The lowest BCUT2D eigenvalue weighted by atomic mass is 10.2. The van der Waals surface area contributed by atoms with Gasteiger partial charge in [0.25, 0.3) is 0 Å². The van der Waals surface area contributed by atoms with Crippen LogP contribution in [0.1, 0.15) is 26.2 Å². The van der Waals surface area contributed by atoms with Crippen molar-refractivity contribution in [3.8, 4) is 5.75 Å². The molecule has 0 aliphatic heterocycles. The third-order valence-corrected chi connectivity index (χ3v) is 2.98. The number of ether oxygens (including phenoxy) is 1. The van der Waals surface area contributed by atoms with E-state index < -0.39 is 4.92 Å². The number of nitro groups is 1. The molecular formula is C15H25N3O3. The minimum Gasteiger partial charge on any atom is -0.487 e. The van der Waals surface area contributed by atoms with Gasteiger partial charge in [0, 0.05) is 24.4 Å². The molecule has 1 aromatic rings. The average molecular weight is 295 g/mol. The van der Waals surface area contributed by atoms with Gasteiger partial charge in [0.05, 0.1) is 11.5 Å². The largest absolute Gasteiger partial charge is 0.487 e. The van der Waals surface area contributed by atoms with Crippen LogP contribution in [0.4, 0.5) is 11.4 Å². The van der Waals surface area contributed by atoms with Gasteiger partial charge in [-0.25, -0.2) is 0 Å². The molecule has 0 heterocycles. The number of hydrogen-bond acceptors (Lipinski definition) is 5. The zero-order valence-corrected chi connectivity index (χ0v) is 13.1. The van der Waals surface area contributed by atoms with Crippen LogP contribution in [0.25, 0.3) is 0 Å². The van der Waals surface area contributed by atoms with E-state index in [0.717, 1.165) is 38.0 Å². The normalized spacial score (nSPS) is 10.7. The Morgan fingerprint density at radius 3 is 2.71 bits per heavy atom. The molecule has 0 aliphatic rings. The maximum atomic E-state index is 11.0. The summed E-state index contributed by atoms with van der Waals surface area (Å²) >= 11 is 0. The van der Waals surface area contributed by atoms with E-state index in [4.69, 9.17) is 4.74 Å². The molecule has 6 heteroatoms.